The number of carboxylic acid groups (broad SMARTS) is 1. The van der Waals surface area contributed by atoms with Gasteiger partial charge in [0.25, 0.3) is 0 Å². The van der Waals surface area contributed by atoms with Crippen molar-refractivity contribution in [3.63, 3.8) is 0 Å². The Hall–Kier alpha value is -1.04. The Labute approximate surface area is 79.5 Å². The van der Waals surface area contributed by atoms with E-state index < -0.39 is 11.2 Å². The molecule has 0 bridgehead atoms. The maximum absolute atomic E-state index is 10.4. The molecule has 1 unspecified atom stereocenters. The number of hydrogen-bond acceptors (Lipinski definition) is 5. The molecule has 1 aromatic heterocycles. The Bertz CT molecular complexity index is 300. The molecule has 1 atom stereocenters. The first-order chi connectivity index (χ1) is 6.09. The van der Waals surface area contributed by atoms with E-state index >= 15 is 0 Å². The average molecular weight is 202 g/mol. The molecule has 0 fully saturated rings. The van der Waals surface area contributed by atoms with Crippen molar-refractivity contribution in [3.05, 3.63) is 11.7 Å². The van der Waals surface area contributed by atoms with Gasteiger partial charge in [0.15, 0.2) is 5.82 Å². The third-order valence-electron chi connectivity index (χ3n) is 1.38. The Morgan fingerprint density at radius 2 is 2.46 bits per heavy atom. The SMILES string of the molecule is Cc1nc(CSC(C)C(=O)O)no1. The Morgan fingerprint density at radius 1 is 1.77 bits per heavy atom. The highest BCUT2D eigenvalue weighted by Crippen LogP contribution is 2.15. The number of aromatic nitrogens is 2. The zero-order valence-corrected chi connectivity index (χ0v) is 8.17. The standard InChI is InChI=1S/C7H10N2O3S/c1-4(7(10)11)13-3-6-8-5(2)12-9-6/h4H,3H2,1-2H3,(H,10,11). The fourth-order valence-corrected chi connectivity index (χ4v) is 1.33. The molecule has 6 heteroatoms. The van der Waals surface area contributed by atoms with E-state index in [-0.39, 0.29) is 0 Å². The van der Waals surface area contributed by atoms with Crippen LogP contribution in [-0.2, 0) is 10.5 Å². The fraction of sp³-hybridized carbons (Fsp3) is 0.571. The molecule has 13 heavy (non-hydrogen) atoms. The van der Waals surface area contributed by atoms with Gasteiger partial charge in [0.2, 0.25) is 5.89 Å². The van der Waals surface area contributed by atoms with Gasteiger partial charge in [-0.2, -0.15) is 4.98 Å². The van der Waals surface area contributed by atoms with Crippen molar-refractivity contribution in [1.82, 2.24) is 10.1 Å². The van der Waals surface area contributed by atoms with Gasteiger partial charge in [-0.3, -0.25) is 4.79 Å². The van der Waals surface area contributed by atoms with Crippen molar-refractivity contribution >= 4 is 17.7 Å². The highest BCUT2D eigenvalue weighted by Gasteiger charge is 2.12. The summed E-state index contributed by atoms with van der Waals surface area (Å²) in [6.45, 7) is 3.32. The first kappa shape index (κ1) is 10.0. The lowest BCUT2D eigenvalue weighted by atomic mass is 10.5. The maximum Gasteiger partial charge on any atom is 0.316 e. The number of carboxylic acids is 1. The third kappa shape index (κ3) is 3.06. The second-order valence-corrected chi connectivity index (χ2v) is 3.85. The van der Waals surface area contributed by atoms with Gasteiger partial charge in [0, 0.05) is 6.92 Å². The number of aliphatic carboxylic acids is 1. The van der Waals surface area contributed by atoms with Crippen LogP contribution in [0.25, 0.3) is 0 Å². The lowest BCUT2D eigenvalue weighted by Gasteiger charge is -2.01. The number of hydrogen-bond donors (Lipinski definition) is 1. The molecule has 1 rings (SSSR count). The number of thioether (sulfide) groups is 1. The zero-order chi connectivity index (χ0) is 9.84. The minimum atomic E-state index is -0.829. The first-order valence-corrected chi connectivity index (χ1v) is 4.78. The Kier molecular flexibility index (Phi) is 3.30. The Balaban J connectivity index is 2.39. The fourth-order valence-electron chi connectivity index (χ4n) is 0.671. The molecule has 5 nitrogen and oxygen atoms in total. The summed E-state index contributed by atoms with van der Waals surface area (Å²) in [7, 11) is 0. The molecule has 72 valence electrons. The van der Waals surface area contributed by atoms with E-state index in [1.807, 2.05) is 0 Å². The van der Waals surface area contributed by atoms with Gasteiger partial charge in [-0.15, -0.1) is 11.8 Å². The summed E-state index contributed by atoms with van der Waals surface area (Å²) in [5.41, 5.74) is 0. The molecule has 0 saturated carbocycles. The molecule has 0 spiro atoms. The van der Waals surface area contributed by atoms with Crippen LogP contribution >= 0.6 is 11.8 Å². The second kappa shape index (κ2) is 4.27. The highest BCUT2D eigenvalue weighted by molar-refractivity contribution is 7.99. The van der Waals surface area contributed by atoms with Gasteiger partial charge in [0.05, 0.1) is 11.0 Å². The normalized spacial score (nSPS) is 12.8. The van der Waals surface area contributed by atoms with Crippen LogP contribution in [0.2, 0.25) is 0 Å². The van der Waals surface area contributed by atoms with E-state index in [0.717, 1.165) is 0 Å². The smallest absolute Gasteiger partial charge is 0.316 e. The van der Waals surface area contributed by atoms with E-state index in [4.69, 9.17) is 9.63 Å². The molecule has 1 heterocycles. The minimum Gasteiger partial charge on any atom is -0.480 e. The van der Waals surface area contributed by atoms with Gasteiger partial charge >= 0.3 is 5.97 Å². The highest BCUT2D eigenvalue weighted by atomic mass is 32.2. The van der Waals surface area contributed by atoms with E-state index in [0.29, 0.717) is 17.5 Å². The number of aryl methyl sites for hydroxylation is 1. The van der Waals surface area contributed by atoms with Crippen molar-refractivity contribution in [3.8, 4) is 0 Å². The monoisotopic (exact) mass is 202 g/mol. The van der Waals surface area contributed by atoms with Crippen LogP contribution in [0.1, 0.15) is 18.6 Å². The summed E-state index contributed by atoms with van der Waals surface area (Å²) in [5.74, 6) is 0.671. The molecular formula is C7H10N2O3S. The van der Waals surface area contributed by atoms with Crippen LogP contribution in [0, 0.1) is 6.92 Å². The minimum absolute atomic E-state index is 0.446. The molecule has 0 radical (unpaired) electrons. The molecule has 0 aromatic carbocycles. The summed E-state index contributed by atoms with van der Waals surface area (Å²) in [6, 6.07) is 0. The molecular weight excluding hydrogens is 192 g/mol. The number of nitrogens with zero attached hydrogens (tertiary/aromatic N) is 2. The van der Waals surface area contributed by atoms with Crippen molar-refractivity contribution in [2.45, 2.75) is 24.9 Å². The summed E-state index contributed by atoms with van der Waals surface area (Å²) >= 11 is 1.27. The number of rotatable bonds is 4. The quantitative estimate of drug-likeness (QED) is 0.787. The van der Waals surface area contributed by atoms with Gasteiger partial charge in [-0.25, -0.2) is 0 Å². The van der Waals surface area contributed by atoms with E-state index in [1.54, 1.807) is 13.8 Å². The molecule has 0 aliphatic carbocycles. The van der Waals surface area contributed by atoms with E-state index in [9.17, 15) is 4.79 Å². The third-order valence-corrected chi connectivity index (χ3v) is 2.51. The average Bonchev–Trinajstić information content (AvgIpc) is 2.47. The summed E-state index contributed by atoms with van der Waals surface area (Å²) < 4.78 is 4.74. The molecule has 1 N–H and O–H groups in total. The van der Waals surface area contributed by atoms with Crippen molar-refractivity contribution in [1.29, 1.82) is 0 Å². The van der Waals surface area contributed by atoms with Crippen LogP contribution < -0.4 is 0 Å². The van der Waals surface area contributed by atoms with Gasteiger partial charge in [-0.05, 0) is 6.92 Å². The summed E-state index contributed by atoms with van der Waals surface area (Å²) in [5, 5.41) is 11.8. The predicted octanol–water partition coefficient (Wildman–Crippen LogP) is 1.08. The van der Waals surface area contributed by atoms with Crippen molar-refractivity contribution in [2.75, 3.05) is 0 Å². The predicted molar refractivity (Wildman–Crippen MR) is 47.4 cm³/mol. The van der Waals surface area contributed by atoms with Crippen molar-refractivity contribution in [2.24, 2.45) is 0 Å². The van der Waals surface area contributed by atoms with Crippen LogP contribution in [0.4, 0.5) is 0 Å². The first-order valence-electron chi connectivity index (χ1n) is 3.73. The maximum atomic E-state index is 10.4. The number of carbonyl (C=O) groups is 1. The second-order valence-electron chi connectivity index (χ2n) is 2.52. The van der Waals surface area contributed by atoms with Gasteiger partial charge in [-0.1, -0.05) is 5.16 Å². The van der Waals surface area contributed by atoms with Crippen LogP contribution in [0.3, 0.4) is 0 Å². The lowest BCUT2D eigenvalue weighted by molar-refractivity contribution is -0.136. The summed E-state index contributed by atoms with van der Waals surface area (Å²) in [6.07, 6.45) is 0. The van der Waals surface area contributed by atoms with E-state index in [1.165, 1.54) is 11.8 Å². The van der Waals surface area contributed by atoms with Gasteiger partial charge in [0.1, 0.15) is 0 Å². The molecule has 0 aliphatic rings. The van der Waals surface area contributed by atoms with Crippen LogP contribution in [-0.4, -0.2) is 26.5 Å². The van der Waals surface area contributed by atoms with Crippen LogP contribution in [0.15, 0.2) is 4.52 Å². The largest absolute Gasteiger partial charge is 0.480 e. The van der Waals surface area contributed by atoms with Gasteiger partial charge < -0.3 is 9.63 Å². The molecule has 0 saturated heterocycles. The van der Waals surface area contributed by atoms with Crippen LogP contribution in [0.5, 0.6) is 0 Å². The topological polar surface area (TPSA) is 76.2 Å². The molecule has 0 amide bonds. The molecule has 1 aromatic rings. The van der Waals surface area contributed by atoms with E-state index in [2.05, 4.69) is 10.1 Å². The molecule has 0 aliphatic heterocycles. The Morgan fingerprint density at radius 3 is 2.92 bits per heavy atom. The van der Waals surface area contributed by atoms with Crippen molar-refractivity contribution < 1.29 is 14.4 Å². The lowest BCUT2D eigenvalue weighted by Crippen LogP contribution is -2.11. The zero-order valence-electron chi connectivity index (χ0n) is 7.35. The summed E-state index contributed by atoms with van der Waals surface area (Å²) in [4.78, 5) is 14.4.